The minimum Gasteiger partial charge on any atom is -0.492 e. The molecular formula is C20H25IN4O. The zero-order valence-corrected chi connectivity index (χ0v) is 17.5. The lowest BCUT2D eigenvalue weighted by Gasteiger charge is -2.22. The second kappa shape index (κ2) is 12.1. The number of aliphatic imine (C=N–C) groups is 1. The van der Waals surface area contributed by atoms with Gasteiger partial charge in [0.25, 0.3) is 0 Å². The third-order valence-electron chi connectivity index (χ3n) is 3.63. The van der Waals surface area contributed by atoms with Crippen molar-refractivity contribution in [1.29, 1.82) is 5.26 Å². The van der Waals surface area contributed by atoms with Gasteiger partial charge in [0.2, 0.25) is 0 Å². The zero-order chi connectivity index (χ0) is 17.9. The number of likely N-dealkylation sites (N-methyl/N-ethyl adjacent to an activating group) is 1. The fourth-order valence-corrected chi connectivity index (χ4v) is 2.24. The second-order valence-electron chi connectivity index (χ2n) is 5.56. The highest BCUT2D eigenvalue weighted by atomic mass is 127. The molecule has 0 atom stereocenters. The molecule has 138 valence electrons. The number of nitrogens with one attached hydrogen (secondary N) is 1. The van der Waals surface area contributed by atoms with Crippen molar-refractivity contribution in [1.82, 2.24) is 10.2 Å². The maximum Gasteiger partial charge on any atom is 0.194 e. The highest BCUT2D eigenvalue weighted by Crippen LogP contribution is 2.08. The van der Waals surface area contributed by atoms with Gasteiger partial charge in [0, 0.05) is 13.6 Å². The highest BCUT2D eigenvalue weighted by molar-refractivity contribution is 14.0. The predicted molar refractivity (Wildman–Crippen MR) is 116 cm³/mol. The van der Waals surface area contributed by atoms with Crippen molar-refractivity contribution >= 4 is 29.9 Å². The van der Waals surface area contributed by atoms with E-state index in [1.165, 1.54) is 0 Å². The summed E-state index contributed by atoms with van der Waals surface area (Å²) >= 11 is 0. The fraction of sp³-hybridized carbons (Fsp3) is 0.300. The van der Waals surface area contributed by atoms with Gasteiger partial charge in [0.15, 0.2) is 5.96 Å². The fourth-order valence-electron chi connectivity index (χ4n) is 2.24. The van der Waals surface area contributed by atoms with Gasteiger partial charge in [-0.05, 0) is 36.8 Å². The Morgan fingerprint density at radius 1 is 1.15 bits per heavy atom. The van der Waals surface area contributed by atoms with E-state index < -0.39 is 0 Å². The van der Waals surface area contributed by atoms with Crippen LogP contribution >= 0.6 is 24.0 Å². The van der Waals surface area contributed by atoms with Gasteiger partial charge in [-0.15, -0.1) is 24.0 Å². The first-order valence-electron chi connectivity index (χ1n) is 8.39. The van der Waals surface area contributed by atoms with Gasteiger partial charge in [0.1, 0.15) is 12.4 Å². The van der Waals surface area contributed by atoms with Gasteiger partial charge in [0.05, 0.1) is 24.7 Å². The Balaban J connectivity index is 0.00000338. The third-order valence-corrected chi connectivity index (χ3v) is 3.63. The Bertz CT molecular complexity index is 711. The molecular weight excluding hydrogens is 439 g/mol. The summed E-state index contributed by atoms with van der Waals surface area (Å²) < 4.78 is 5.74. The number of nitrogens with zero attached hydrogens (tertiary/aromatic N) is 3. The SMILES string of the molecule is CCNC(=NCc1ccc(C#N)cc1)N(C)CCOc1ccccc1.I. The van der Waals surface area contributed by atoms with Crippen LogP contribution in [0.15, 0.2) is 59.6 Å². The van der Waals surface area contributed by atoms with Crippen LogP contribution < -0.4 is 10.1 Å². The molecule has 2 rings (SSSR count). The lowest BCUT2D eigenvalue weighted by molar-refractivity contribution is 0.281. The van der Waals surface area contributed by atoms with Crippen LogP contribution in [0.5, 0.6) is 5.75 Å². The van der Waals surface area contributed by atoms with Crippen molar-refractivity contribution in [2.75, 3.05) is 26.7 Å². The van der Waals surface area contributed by atoms with Crippen molar-refractivity contribution in [3.8, 4) is 11.8 Å². The Hall–Kier alpha value is -2.27. The molecule has 6 heteroatoms. The summed E-state index contributed by atoms with van der Waals surface area (Å²) in [6.07, 6.45) is 0. The van der Waals surface area contributed by atoms with Crippen molar-refractivity contribution in [2.24, 2.45) is 4.99 Å². The van der Waals surface area contributed by atoms with E-state index in [0.29, 0.717) is 18.7 Å². The molecule has 0 heterocycles. The third kappa shape index (κ3) is 7.31. The van der Waals surface area contributed by atoms with Gasteiger partial charge < -0.3 is 15.0 Å². The number of guanidine groups is 1. The Labute approximate surface area is 172 Å². The number of hydrogen-bond donors (Lipinski definition) is 1. The molecule has 0 saturated carbocycles. The summed E-state index contributed by atoms with van der Waals surface area (Å²) in [5, 5.41) is 12.1. The number of rotatable bonds is 7. The molecule has 0 spiro atoms. The van der Waals surface area contributed by atoms with Crippen LogP contribution in [0.3, 0.4) is 0 Å². The lowest BCUT2D eigenvalue weighted by atomic mass is 10.1. The van der Waals surface area contributed by atoms with E-state index in [-0.39, 0.29) is 24.0 Å². The molecule has 0 fully saturated rings. The number of para-hydroxylation sites is 1. The highest BCUT2D eigenvalue weighted by Gasteiger charge is 2.06. The second-order valence-corrected chi connectivity index (χ2v) is 5.56. The van der Waals surface area contributed by atoms with Crippen molar-refractivity contribution < 1.29 is 4.74 Å². The molecule has 0 unspecified atom stereocenters. The van der Waals surface area contributed by atoms with Crippen LogP contribution in [0.25, 0.3) is 0 Å². The summed E-state index contributed by atoms with van der Waals surface area (Å²) in [5.74, 6) is 1.71. The van der Waals surface area contributed by atoms with E-state index >= 15 is 0 Å². The molecule has 0 amide bonds. The summed E-state index contributed by atoms with van der Waals surface area (Å²) in [6.45, 7) is 4.73. The summed E-state index contributed by atoms with van der Waals surface area (Å²) in [6, 6.07) is 19.4. The first-order chi connectivity index (χ1) is 12.2. The number of nitriles is 1. The Kier molecular flexibility index (Phi) is 10.2. The van der Waals surface area contributed by atoms with Gasteiger partial charge in [-0.3, -0.25) is 0 Å². The van der Waals surface area contributed by atoms with Crippen LogP contribution in [-0.2, 0) is 6.54 Å². The normalized spacial score (nSPS) is 10.4. The first kappa shape index (κ1) is 21.8. The summed E-state index contributed by atoms with van der Waals surface area (Å²) in [7, 11) is 1.99. The predicted octanol–water partition coefficient (Wildman–Crippen LogP) is 3.65. The van der Waals surface area contributed by atoms with E-state index in [9.17, 15) is 0 Å². The maximum atomic E-state index is 8.85. The van der Waals surface area contributed by atoms with Crippen molar-refractivity contribution in [3.05, 3.63) is 65.7 Å². The molecule has 0 radical (unpaired) electrons. The van der Waals surface area contributed by atoms with E-state index in [2.05, 4.69) is 21.3 Å². The smallest absolute Gasteiger partial charge is 0.194 e. The van der Waals surface area contributed by atoms with E-state index in [4.69, 9.17) is 10.00 Å². The van der Waals surface area contributed by atoms with E-state index in [0.717, 1.165) is 30.4 Å². The molecule has 0 aromatic heterocycles. The molecule has 2 aromatic rings. The van der Waals surface area contributed by atoms with Crippen LogP contribution in [-0.4, -0.2) is 37.6 Å². The number of halogens is 1. The molecule has 26 heavy (non-hydrogen) atoms. The van der Waals surface area contributed by atoms with Gasteiger partial charge in [-0.1, -0.05) is 30.3 Å². The monoisotopic (exact) mass is 464 g/mol. The van der Waals surface area contributed by atoms with Crippen molar-refractivity contribution in [3.63, 3.8) is 0 Å². The average molecular weight is 464 g/mol. The minimum absolute atomic E-state index is 0. The molecule has 0 bridgehead atoms. The van der Waals surface area contributed by atoms with Gasteiger partial charge >= 0.3 is 0 Å². The maximum absolute atomic E-state index is 8.85. The van der Waals surface area contributed by atoms with Crippen LogP contribution in [0.4, 0.5) is 0 Å². The number of hydrogen-bond acceptors (Lipinski definition) is 3. The standard InChI is InChI=1S/C20H24N4O.HI/c1-3-22-20(23-16-18-11-9-17(15-21)10-12-18)24(2)13-14-25-19-7-5-4-6-8-19;/h4-12H,3,13-14,16H2,1-2H3,(H,22,23);1H. The minimum atomic E-state index is 0. The van der Waals surface area contributed by atoms with E-state index in [1.54, 1.807) is 0 Å². The summed E-state index contributed by atoms with van der Waals surface area (Å²) in [5.41, 5.74) is 1.73. The van der Waals surface area contributed by atoms with Crippen LogP contribution in [0, 0.1) is 11.3 Å². The topological polar surface area (TPSA) is 60.7 Å². The molecule has 0 aliphatic heterocycles. The van der Waals surface area contributed by atoms with Gasteiger partial charge in [-0.2, -0.15) is 5.26 Å². The number of benzene rings is 2. The molecule has 2 aromatic carbocycles. The lowest BCUT2D eigenvalue weighted by Crippen LogP contribution is -2.40. The molecule has 0 aliphatic rings. The van der Waals surface area contributed by atoms with Crippen LogP contribution in [0.1, 0.15) is 18.1 Å². The molecule has 1 N–H and O–H groups in total. The zero-order valence-electron chi connectivity index (χ0n) is 15.2. The largest absolute Gasteiger partial charge is 0.492 e. The quantitative estimate of drug-likeness (QED) is 0.386. The Morgan fingerprint density at radius 2 is 1.85 bits per heavy atom. The molecule has 0 saturated heterocycles. The Morgan fingerprint density at radius 3 is 2.46 bits per heavy atom. The van der Waals surface area contributed by atoms with Gasteiger partial charge in [-0.25, -0.2) is 4.99 Å². The summed E-state index contributed by atoms with van der Waals surface area (Å²) in [4.78, 5) is 6.71. The van der Waals surface area contributed by atoms with Crippen LogP contribution in [0.2, 0.25) is 0 Å². The molecule has 0 aliphatic carbocycles. The molecule has 5 nitrogen and oxygen atoms in total. The first-order valence-corrected chi connectivity index (χ1v) is 8.39. The number of ether oxygens (including phenoxy) is 1. The average Bonchev–Trinajstić information content (AvgIpc) is 2.66. The van der Waals surface area contributed by atoms with E-state index in [1.807, 2.05) is 68.6 Å². The van der Waals surface area contributed by atoms with Crippen molar-refractivity contribution in [2.45, 2.75) is 13.5 Å².